The summed E-state index contributed by atoms with van der Waals surface area (Å²) in [7, 11) is 1.70. The fourth-order valence-electron chi connectivity index (χ4n) is 2.88. The van der Waals surface area contributed by atoms with E-state index in [2.05, 4.69) is 22.4 Å². The van der Waals surface area contributed by atoms with Crippen molar-refractivity contribution in [2.45, 2.75) is 25.8 Å². The number of rotatable bonds is 2. The minimum absolute atomic E-state index is 0.650. The van der Waals surface area contributed by atoms with Crippen molar-refractivity contribution in [1.29, 1.82) is 0 Å². The van der Waals surface area contributed by atoms with Crippen LogP contribution in [0.15, 0.2) is 18.3 Å². The molecule has 3 rings (SSSR count). The molecule has 2 atom stereocenters. The smallest absolute Gasteiger partial charge is 0.140 e. The van der Waals surface area contributed by atoms with E-state index >= 15 is 0 Å². The van der Waals surface area contributed by atoms with Crippen LogP contribution < -0.4 is 10.1 Å². The lowest BCUT2D eigenvalue weighted by molar-refractivity contribution is 0.409. The average molecular weight is 230 g/mol. The number of nitrogens with one attached hydrogen (secondary N) is 1. The molecule has 3 nitrogen and oxygen atoms in total. The number of methoxy groups -OCH3 is 1. The second-order valence-corrected chi connectivity index (χ2v) is 4.92. The van der Waals surface area contributed by atoms with Crippen LogP contribution in [0, 0.1) is 12.8 Å². The van der Waals surface area contributed by atoms with Gasteiger partial charge >= 0.3 is 0 Å². The Morgan fingerprint density at radius 3 is 3.12 bits per heavy atom. The predicted molar refractivity (Wildman–Crippen MR) is 68.0 cm³/mol. The second kappa shape index (κ2) is 4.15. The highest BCUT2D eigenvalue weighted by molar-refractivity contribution is 5.69. The second-order valence-electron chi connectivity index (χ2n) is 4.92. The summed E-state index contributed by atoms with van der Waals surface area (Å²) in [5.41, 5.74) is 3.58. The molecule has 1 aliphatic carbocycles. The van der Waals surface area contributed by atoms with Gasteiger partial charge in [0.2, 0.25) is 0 Å². The highest BCUT2D eigenvalue weighted by atomic mass is 16.5. The molecule has 1 aliphatic heterocycles. The van der Waals surface area contributed by atoms with Crippen molar-refractivity contribution in [1.82, 2.24) is 10.3 Å². The van der Waals surface area contributed by atoms with E-state index in [0.717, 1.165) is 30.3 Å². The van der Waals surface area contributed by atoms with Gasteiger partial charge in [0.15, 0.2) is 0 Å². The fourth-order valence-corrected chi connectivity index (χ4v) is 2.88. The first-order valence-electron chi connectivity index (χ1n) is 6.23. The lowest BCUT2D eigenvalue weighted by Gasteiger charge is -2.10. The molecule has 17 heavy (non-hydrogen) atoms. The van der Waals surface area contributed by atoms with Gasteiger partial charge in [-0.2, -0.15) is 0 Å². The molecular formula is C14H18N2O. The third-order valence-electron chi connectivity index (χ3n) is 3.89. The van der Waals surface area contributed by atoms with E-state index < -0.39 is 0 Å². The van der Waals surface area contributed by atoms with Crippen LogP contribution in [0.5, 0.6) is 5.75 Å². The summed E-state index contributed by atoms with van der Waals surface area (Å²) < 4.78 is 5.33. The number of ether oxygens (including phenoxy) is 1. The zero-order valence-electron chi connectivity index (χ0n) is 10.4. The van der Waals surface area contributed by atoms with Gasteiger partial charge in [-0.05, 0) is 49.4 Å². The molecule has 0 spiro atoms. The average Bonchev–Trinajstić information content (AvgIpc) is 2.90. The summed E-state index contributed by atoms with van der Waals surface area (Å²) in [5, 5.41) is 3.55. The quantitative estimate of drug-likeness (QED) is 0.845. The molecule has 0 aromatic carbocycles. The van der Waals surface area contributed by atoms with Gasteiger partial charge < -0.3 is 10.1 Å². The summed E-state index contributed by atoms with van der Waals surface area (Å²) in [6, 6.07) is 2.76. The zero-order chi connectivity index (χ0) is 11.8. The molecule has 0 saturated carbocycles. The Labute approximate surface area is 102 Å². The maximum Gasteiger partial charge on any atom is 0.140 e. The minimum Gasteiger partial charge on any atom is -0.495 e. The van der Waals surface area contributed by atoms with Gasteiger partial charge in [-0.3, -0.25) is 4.98 Å². The van der Waals surface area contributed by atoms with E-state index in [0.29, 0.717) is 6.04 Å². The third-order valence-corrected chi connectivity index (χ3v) is 3.89. The topological polar surface area (TPSA) is 34.1 Å². The van der Waals surface area contributed by atoms with Crippen molar-refractivity contribution in [2.75, 3.05) is 13.7 Å². The molecule has 2 heterocycles. The Morgan fingerprint density at radius 2 is 2.35 bits per heavy atom. The number of aromatic nitrogens is 1. The van der Waals surface area contributed by atoms with Crippen LogP contribution in [0.1, 0.15) is 24.1 Å². The fraction of sp³-hybridized carbons (Fsp3) is 0.500. The molecule has 1 aromatic rings. The van der Waals surface area contributed by atoms with Gasteiger partial charge in [-0.1, -0.05) is 6.08 Å². The highest BCUT2D eigenvalue weighted by Crippen LogP contribution is 2.36. The number of fused-ring (bicyclic) bond motifs is 1. The SMILES string of the molecule is COc1cc(C2=CC3CCNC3C2)cnc1C. The molecule has 0 bridgehead atoms. The largest absolute Gasteiger partial charge is 0.495 e. The predicted octanol–water partition coefficient (Wildman–Crippen LogP) is 2.16. The summed E-state index contributed by atoms with van der Waals surface area (Å²) in [6.45, 7) is 3.14. The first-order valence-corrected chi connectivity index (χ1v) is 6.23. The minimum atomic E-state index is 0.650. The normalized spacial score (nSPS) is 26.8. The number of aryl methyl sites for hydroxylation is 1. The van der Waals surface area contributed by atoms with Crippen LogP contribution in [0.25, 0.3) is 5.57 Å². The number of hydrogen-bond acceptors (Lipinski definition) is 3. The molecule has 1 aromatic heterocycles. The van der Waals surface area contributed by atoms with Crippen LogP contribution in [-0.2, 0) is 0 Å². The summed E-state index contributed by atoms with van der Waals surface area (Å²) in [4.78, 5) is 4.40. The van der Waals surface area contributed by atoms with Crippen molar-refractivity contribution in [2.24, 2.45) is 5.92 Å². The maximum absolute atomic E-state index is 5.33. The molecule has 2 aliphatic rings. The van der Waals surface area contributed by atoms with E-state index in [4.69, 9.17) is 4.74 Å². The van der Waals surface area contributed by atoms with Crippen LogP contribution in [0.3, 0.4) is 0 Å². The van der Waals surface area contributed by atoms with Gasteiger partial charge in [-0.25, -0.2) is 0 Å². The highest BCUT2D eigenvalue weighted by Gasteiger charge is 2.31. The molecule has 0 radical (unpaired) electrons. The first-order chi connectivity index (χ1) is 8.28. The molecule has 1 fully saturated rings. The third kappa shape index (κ3) is 1.84. The summed E-state index contributed by atoms with van der Waals surface area (Å²) in [5.74, 6) is 1.60. The number of hydrogen-bond donors (Lipinski definition) is 1. The van der Waals surface area contributed by atoms with Crippen molar-refractivity contribution in [3.8, 4) is 5.75 Å². The first kappa shape index (κ1) is 10.8. The Kier molecular flexibility index (Phi) is 2.63. The Morgan fingerprint density at radius 1 is 1.47 bits per heavy atom. The Balaban J connectivity index is 1.90. The lowest BCUT2D eigenvalue weighted by atomic mass is 10.1. The van der Waals surface area contributed by atoms with Crippen LogP contribution >= 0.6 is 0 Å². The summed E-state index contributed by atoms with van der Waals surface area (Å²) >= 11 is 0. The van der Waals surface area contributed by atoms with Crippen LogP contribution in [0.4, 0.5) is 0 Å². The van der Waals surface area contributed by atoms with E-state index in [9.17, 15) is 0 Å². The van der Waals surface area contributed by atoms with Gasteiger partial charge in [-0.15, -0.1) is 0 Å². The van der Waals surface area contributed by atoms with Gasteiger partial charge in [0.25, 0.3) is 0 Å². The van der Waals surface area contributed by atoms with E-state index in [-0.39, 0.29) is 0 Å². The van der Waals surface area contributed by atoms with Gasteiger partial charge in [0, 0.05) is 12.2 Å². The van der Waals surface area contributed by atoms with E-state index in [1.54, 1.807) is 7.11 Å². The molecule has 1 N–H and O–H groups in total. The van der Waals surface area contributed by atoms with Gasteiger partial charge in [0.05, 0.1) is 12.8 Å². The van der Waals surface area contributed by atoms with E-state index in [1.807, 2.05) is 13.1 Å². The Bertz CT molecular complexity index is 467. The van der Waals surface area contributed by atoms with Crippen molar-refractivity contribution in [3.63, 3.8) is 0 Å². The molecule has 3 heteroatoms. The zero-order valence-corrected chi connectivity index (χ0v) is 10.4. The van der Waals surface area contributed by atoms with Crippen molar-refractivity contribution < 1.29 is 4.74 Å². The van der Waals surface area contributed by atoms with Crippen LogP contribution in [0.2, 0.25) is 0 Å². The standard InChI is InChI=1S/C14H18N2O/c1-9-14(17-2)7-12(8-16-9)11-5-10-3-4-15-13(10)6-11/h5,7-8,10,13,15H,3-4,6H2,1-2H3. The summed E-state index contributed by atoms with van der Waals surface area (Å²) in [6.07, 6.45) is 6.77. The van der Waals surface area contributed by atoms with Crippen LogP contribution in [-0.4, -0.2) is 24.7 Å². The molecular weight excluding hydrogens is 212 g/mol. The van der Waals surface area contributed by atoms with E-state index in [1.165, 1.54) is 17.6 Å². The lowest BCUT2D eigenvalue weighted by Crippen LogP contribution is -2.22. The van der Waals surface area contributed by atoms with Crippen molar-refractivity contribution in [3.05, 3.63) is 29.6 Å². The number of pyridine rings is 1. The monoisotopic (exact) mass is 230 g/mol. The number of nitrogens with zero attached hydrogens (tertiary/aromatic N) is 1. The molecule has 1 saturated heterocycles. The maximum atomic E-state index is 5.33. The molecule has 0 amide bonds. The Hall–Kier alpha value is -1.35. The van der Waals surface area contributed by atoms with Gasteiger partial charge in [0.1, 0.15) is 5.75 Å². The molecule has 2 unspecified atom stereocenters. The molecule has 90 valence electrons. The van der Waals surface area contributed by atoms with Crippen molar-refractivity contribution >= 4 is 5.57 Å².